The maximum atomic E-state index is 13.7. The average Bonchev–Trinajstić information content (AvgIpc) is 2.63. The minimum atomic E-state index is -1.60. The predicted octanol–water partition coefficient (Wildman–Crippen LogP) is 2.75. The molecule has 1 fully saturated rings. The van der Waals surface area contributed by atoms with E-state index in [0.29, 0.717) is 25.5 Å². The minimum absolute atomic E-state index is 0.369. The fraction of sp³-hybridized carbons (Fsp3) is 0.312. The van der Waals surface area contributed by atoms with Gasteiger partial charge in [0.25, 0.3) is 0 Å². The van der Waals surface area contributed by atoms with Crippen molar-refractivity contribution in [3.63, 3.8) is 0 Å². The van der Waals surface area contributed by atoms with E-state index in [4.69, 9.17) is 0 Å². The zero-order valence-electron chi connectivity index (χ0n) is 12.7. The third-order valence-corrected chi connectivity index (χ3v) is 3.92. The highest BCUT2D eigenvalue weighted by Gasteiger charge is 2.28. The Hall–Kier alpha value is -2.64. The fourth-order valence-electron chi connectivity index (χ4n) is 2.68. The number of nitrogens with one attached hydrogen (secondary N) is 1. The van der Waals surface area contributed by atoms with Crippen LogP contribution in [0.15, 0.2) is 30.6 Å². The lowest BCUT2D eigenvalue weighted by Crippen LogP contribution is -2.41. The first-order chi connectivity index (χ1) is 11.6. The maximum Gasteiger partial charge on any atom is 0.229 e. The Morgan fingerprint density at radius 3 is 2.67 bits per heavy atom. The molecule has 0 saturated carbocycles. The van der Waals surface area contributed by atoms with Gasteiger partial charge in [0.15, 0.2) is 17.5 Å². The first-order valence-corrected chi connectivity index (χ1v) is 7.52. The highest BCUT2D eigenvalue weighted by molar-refractivity contribution is 5.93. The lowest BCUT2D eigenvalue weighted by Gasteiger charge is -2.31. The van der Waals surface area contributed by atoms with Crippen LogP contribution in [0.2, 0.25) is 0 Å². The molecule has 2 heterocycles. The quantitative estimate of drug-likeness (QED) is 0.876. The summed E-state index contributed by atoms with van der Waals surface area (Å²) in [6.45, 7) is 1.09. The van der Waals surface area contributed by atoms with E-state index in [9.17, 15) is 18.0 Å². The Morgan fingerprint density at radius 1 is 1.17 bits per heavy atom. The van der Waals surface area contributed by atoms with Crippen LogP contribution in [0.5, 0.6) is 0 Å². The molecular weight excluding hydrogens is 321 g/mol. The Kier molecular flexibility index (Phi) is 4.64. The number of aromatic nitrogens is 2. The van der Waals surface area contributed by atoms with Gasteiger partial charge in [0, 0.05) is 25.5 Å². The SMILES string of the molecule is O=C(Nc1ccc(F)c(F)c1F)C1CCCN(c2ncccn2)C1. The fourth-order valence-corrected chi connectivity index (χ4v) is 2.68. The number of hydrogen-bond donors (Lipinski definition) is 1. The van der Waals surface area contributed by atoms with E-state index in [1.54, 1.807) is 18.5 Å². The Bertz CT molecular complexity index is 742. The number of anilines is 2. The van der Waals surface area contributed by atoms with Crippen LogP contribution in [0.3, 0.4) is 0 Å². The molecule has 0 radical (unpaired) electrons. The summed E-state index contributed by atoms with van der Waals surface area (Å²) in [4.78, 5) is 22.5. The number of amides is 1. The smallest absolute Gasteiger partial charge is 0.229 e. The molecule has 126 valence electrons. The summed E-state index contributed by atoms with van der Waals surface area (Å²) in [5.74, 6) is -4.64. The molecule has 1 aromatic carbocycles. The number of rotatable bonds is 3. The van der Waals surface area contributed by atoms with Gasteiger partial charge < -0.3 is 10.2 Å². The van der Waals surface area contributed by atoms with E-state index in [0.717, 1.165) is 18.6 Å². The van der Waals surface area contributed by atoms with Crippen molar-refractivity contribution in [3.8, 4) is 0 Å². The van der Waals surface area contributed by atoms with Crippen molar-refractivity contribution in [2.24, 2.45) is 5.92 Å². The van der Waals surface area contributed by atoms with Crippen LogP contribution in [0.1, 0.15) is 12.8 Å². The summed E-state index contributed by atoms with van der Waals surface area (Å²) in [5.41, 5.74) is -0.369. The average molecular weight is 336 g/mol. The van der Waals surface area contributed by atoms with E-state index >= 15 is 0 Å². The molecule has 2 aromatic rings. The van der Waals surface area contributed by atoms with Gasteiger partial charge in [-0.25, -0.2) is 23.1 Å². The van der Waals surface area contributed by atoms with Crippen molar-refractivity contribution in [1.82, 2.24) is 9.97 Å². The zero-order valence-corrected chi connectivity index (χ0v) is 12.7. The third kappa shape index (κ3) is 3.32. The van der Waals surface area contributed by atoms with Crippen LogP contribution in [-0.4, -0.2) is 29.0 Å². The first-order valence-electron chi connectivity index (χ1n) is 7.52. The van der Waals surface area contributed by atoms with Crippen LogP contribution in [-0.2, 0) is 4.79 Å². The van der Waals surface area contributed by atoms with Crippen molar-refractivity contribution < 1.29 is 18.0 Å². The topological polar surface area (TPSA) is 58.1 Å². The van der Waals surface area contributed by atoms with Gasteiger partial charge in [-0.05, 0) is 31.0 Å². The molecule has 0 aliphatic carbocycles. The molecule has 3 rings (SSSR count). The van der Waals surface area contributed by atoms with Crippen LogP contribution >= 0.6 is 0 Å². The molecule has 0 spiro atoms. The lowest BCUT2D eigenvalue weighted by atomic mass is 9.97. The molecule has 1 amide bonds. The van der Waals surface area contributed by atoms with Gasteiger partial charge in [-0.2, -0.15) is 0 Å². The van der Waals surface area contributed by atoms with Crippen LogP contribution < -0.4 is 10.2 Å². The van der Waals surface area contributed by atoms with Gasteiger partial charge in [0.05, 0.1) is 11.6 Å². The predicted molar refractivity (Wildman–Crippen MR) is 81.9 cm³/mol. The second kappa shape index (κ2) is 6.86. The largest absolute Gasteiger partial charge is 0.340 e. The molecule has 1 atom stereocenters. The molecule has 24 heavy (non-hydrogen) atoms. The number of piperidine rings is 1. The second-order valence-corrected chi connectivity index (χ2v) is 5.55. The summed E-state index contributed by atoms with van der Waals surface area (Å²) in [6, 6.07) is 3.48. The van der Waals surface area contributed by atoms with E-state index in [2.05, 4.69) is 15.3 Å². The van der Waals surface area contributed by atoms with E-state index < -0.39 is 29.3 Å². The molecule has 1 N–H and O–H groups in total. The number of halogens is 3. The van der Waals surface area contributed by atoms with Crippen LogP contribution in [0, 0.1) is 23.4 Å². The summed E-state index contributed by atoms with van der Waals surface area (Å²) in [6.07, 6.45) is 4.59. The number of hydrogen-bond acceptors (Lipinski definition) is 4. The number of carbonyl (C=O) groups is 1. The number of carbonyl (C=O) groups excluding carboxylic acids is 1. The summed E-state index contributed by atoms with van der Waals surface area (Å²) < 4.78 is 39.9. The molecule has 1 aliphatic heterocycles. The van der Waals surface area contributed by atoms with E-state index in [1.165, 1.54) is 0 Å². The second-order valence-electron chi connectivity index (χ2n) is 5.55. The molecule has 1 unspecified atom stereocenters. The highest BCUT2D eigenvalue weighted by Crippen LogP contribution is 2.24. The normalized spacial score (nSPS) is 17.6. The summed E-state index contributed by atoms with van der Waals surface area (Å²) in [5, 5.41) is 2.33. The lowest BCUT2D eigenvalue weighted by molar-refractivity contribution is -0.120. The molecule has 5 nitrogen and oxygen atoms in total. The van der Waals surface area contributed by atoms with Gasteiger partial charge in [-0.15, -0.1) is 0 Å². The molecule has 0 bridgehead atoms. The number of nitrogens with zero attached hydrogens (tertiary/aromatic N) is 3. The van der Waals surface area contributed by atoms with Crippen molar-refractivity contribution in [2.75, 3.05) is 23.3 Å². The van der Waals surface area contributed by atoms with Gasteiger partial charge in [-0.3, -0.25) is 4.79 Å². The monoisotopic (exact) mass is 336 g/mol. The standard InChI is InChI=1S/C16H15F3N4O/c17-11-4-5-12(14(19)13(11)18)22-15(24)10-3-1-8-23(9-10)16-20-6-2-7-21-16/h2,4-7,10H,1,3,8-9H2,(H,22,24). The number of benzene rings is 1. The van der Waals surface area contributed by atoms with Gasteiger partial charge in [0.2, 0.25) is 11.9 Å². The Labute approximate surface area is 136 Å². The van der Waals surface area contributed by atoms with Crippen molar-refractivity contribution in [3.05, 3.63) is 48.0 Å². The van der Waals surface area contributed by atoms with Gasteiger partial charge in [0.1, 0.15) is 0 Å². The summed E-state index contributed by atoms with van der Waals surface area (Å²) >= 11 is 0. The van der Waals surface area contributed by atoms with Crippen LogP contribution in [0.4, 0.5) is 24.8 Å². The Morgan fingerprint density at radius 2 is 1.92 bits per heavy atom. The molecule has 1 aromatic heterocycles. The highest BCUT2D eigenvalue weighted by atomic mass is 19.2. The van der Waals surface area contributed by atoms with Crippen molar-refractivity contribution >= 4 is 17.5 Å². The zero-order chi connectivity index (χ0) is 17.1. The maximum absolute atomic E-state index is 13.7. The molecular formula is C16H15F3N4O. The summed E-state index contributed by atoms with van der Waals surface area (Å²) in [7, 11) is 0. The van der Waals surface area contributed by atoms with E-state index in [-0.39, 0.29) is 5.69 Å². The first kappa shape index (κ1) is 16.2. The van der Waals surface area contributed by atoms with Gasteiger partial charge in [-0.1, -0.05) is 0 Å². The van der Waals surface area contributed by atoms with Crippen LogP contribution in [0.25, 0.3) is 0 Å². The Balaban J connectivity index is 1.70. The molecule has 1 aliphatic rings. The van der Waals surface area contributed by atoms with Gasteiger partial charge >= 0.3 is 0 Å². The van der Waals surface area contributed by atoms with E-state index in [1.807, 2.05) is 4.90 Å². The molecule has 8 heteroatoms. The van der Waals surface area contributed by atoms with Crippen molar-refractivity contribution in [2.45, 2.75) is 12.8 Å². The molecule has 1 saturated heterocycles. The van der Waals surface area contributed by atoms with Crippen molar-refractivity contribution in [1.29, 1.82) is 0 Å². The minimum Gasteiger partial charge on any atom is -0.340 e. The third-order valence-electron chi connectivity index (χ3n) is 3.92.